The van der Waals surface area contributed by atoms with Gasteiger partial charge in [0.2, 0.25) is 5.16 Å². The molecular weight excluding hydrogens is 360 g/mol. The quantitative estimate of drug-likeness (QED) is 0.506. The van der Waals surface area contributed by atoms with E-state index in [2.05, 4.69) is 45.7 Å². The van der Waals surface area contributed by atoms with Gasteiger partial charge in [-0.05, 0) is 75.2 Å². The van der Waals surface area contributed by atoms with Gasteiger partial charge in [-0.15, -0.1) is 5.10 Å². The Kier molecular flexibility index (Phi) is 5.23. The van der Waals surface area contributed by atoms with Crippen molar-refractivity contribution in [2.45, 2.75) is 39.8 Å². The average molecular weight is 382 g/mol. The lowest BCUT2D eigenvalue weighted by Crippen LogP contribution is -2.04. The molecule has 0 aliphatic rings. The molecule has 1 aromatic carbocycles. The van der Waals surface area contributed by atoms with Crippen LogP contribution in [0.15, 0.2) is 34.3 Å². The van der Waals surface area contributed by atoms with Crippen LogP contribution in [0.2, 0.25) is 0 Å². The summed E-state index contributed by atoms with van der Waals surface area (Å²) >= 11 is 1.04. The van der Waals surface area contributed by atoms with E-state index in [1.807, 2.05) is 26.0 Å². The van der Waals surface area contributed by atoms with Gasteiger partial charge >= 0.3 is 5.97 Å². The number of carbonyl (C=O) groups is 1. The number of aliphatic carboxylic acids is 1. The summed E-state index contributed by atoms with van der Waals surface area (Å²) < 4.78 is 2.18. The highest BCUT2D eigenvalue weighted by molar-refractivity contribution is 8.04. The van der Waals surface area contributed by atoms with E-state index in [9.17, 15) is 9.90 Å². The van der Waals surface area contributed by atoms with Gasteiger partial charge in [0.15, 0.2) is 0 Å². The zero-order valence-electron chi connectivity index (χ0n) is 16.0. The second-order valence-electron chi connectivity index (χ2n) is 6.52. The van der Waals surface area contributed by atoms with Gasteiger partial charge in [-0.25, -0.2) is 9.78 Å². The molecule has 0 radical (unpaired) electrons. The van der Waals surface area contributed by atoms with Crippen molar-refractivity contribution in [1.29, 1.82) is 0 Å². The fourth-order valence-corrected chi connectivity index (χ4v) is 3.92. The first-order valence-electron chi connectivity index (χ1n) is 8.55. The van der Waals surface area contributed by atoms with Gasteiger partial charge in [0.25, 0.3) is 0 Å². The van der Waals surface area contributed by atoms with E-state index in [0.717, 1.165) is 34.4 Å². The molecule has 3 rings (SSSR count). The predicted molar refractivity (Wildman–Crippen MR) is 107 cm³/mol. The molecule has 0 saturated heterocycles. The zero-order chi connectivity index (χ0) is 19.7. The molecule has 0 aliphatic carbocycles. The second-order valence-corrected chi connectivity index (χ2v) is 7.53. The minimum absolute atomic E-state index is 0.177. The van der Waals surface area contributed by atoms with Gasteiger partial charge in [0.05, 0.1) is 5.69 Å². The van der Waals surface area contributed by atoms with E-state index >= 15 is 0 Å². The van der Waals surface area contributed by atoms with Crippen LogP contribution in [0, 0.1) is 34.6 Å². The molecule has 0 saturated carbocycles. The molecule has 7 heteroatoms. The Morgan fingerprint density at radius 2 is 1.85 bits per heavy atom. The molecule has 6 nitrogen and oxygen atoms in total. The lowest BCUT2D eigenvalue weighted by atomic mass is 10.1. The largest absolute Gasteiger partial charge is 0.477 e. The molecule has 0 fully saturated rings. The summed E-state index contributed by atoms with van der Waals surface area (Å²) in [4.78, 5) is 16.1. The van der Waals surface area contributed by atoms with Crippen LogP contribution in [0.5, 0.6) is 0 Å². The summed E-state index contributed by atoms with van der Waals surface area (Å²) in [5.74, 6) is -0.352. The van der Waals surface area contributed by atoms with Crippen LogP contribution in [0.3, 0.4) is 0 Å². The third-order valence-electron chi connectivity index (χ3n) is 4.41. The van der Waals surface area contributed by atoms with Crippen LogP contribution in [-0.4, -0.2) is 30.8 Å². The first-order chi connectivity index (χ1) is 12.8. The summed E-state index contributed by atoms with van der Waals surface area (Å²) in [5, 5.41) is 16.7. The Bertz CT molecular complexity index is 1030. The molecule has 0 unspecified atom stereocenters. The molecule has 27 heavy (non-hydrogen) atoms. The maximum absolute atomic E-state index is 11.7. The van der Waals surface area contributed by atoms with Crippen LogP contribution in [0.1, 0.15) is 33.9 Å². The molecule has 2 aromatic heterocycles. The number of carboxylic acids is 1. The maximum Gasteiger partial charge on any atom is 0.342 e. The number of para-hydroxylation sites is 1. The molecule has 0 amide bonds. The minimum Gasteiger partial charge on any atom is -0.477 e. The number of carboxylic acid groups (broad SMARTS) is 1. The van der Waals surface area contributed by atoms with Crippen molar-refractivity contribution in [1.82, 2.24) is 19.7 Å². The lowest BCUT2D eigenvalue weighted by molar-refractivity contribution is -0.131. The maximum atomic E-state index is 11.7. The molecule has 2 heterocycles. The summed E-state index contributed by atoms with van der Waals surface area (Å²) in [6, 6.07) is 8.22. The second kappa shape index (κ2) is 7.44. The van der Waals surface area contributed by atoms with Crippen molar-refractivity contribution in [3.8, 4) is 5.69 Å². The van der Waals surface area contributed by atoms with E-state index < -0.39 is 5.97 Å². The molecule has 0 spiro atoms. The number of hydrogen-bond donors (Lipinski definition) is 2. The number of aromatic amines is 1. The highest BCUT2D eigenvalue weighted by atomic mass is 32.2. The minimum atomic E-state index is -1.00. The van der Waals surface area contributed by atoms with E-state index in [0.29, 0.717) is 11.0 Å². The fraction of sp³-hybridized carbons (Fsp3) is 0.250. The molecule has 0 aliphatic heterocycles. The number of rotatable bonds is 5. The molecule has 140 valence electrons. The van der Waals surface area contributed by atoms with Crippen molar-refractivity contribution in [2.24, 2.45) is 0 Å². The van der Waals surface area contributed by atoms with E-state index in [-0.39, 0.29) is 4.91 Å². The van der Waals surface area contributed by atoms with Crippen molar-refractivity contribution in [2.75, 3.05) is 0 Å². The van der Waals surface area contributed by atoms with Crippen LogP contribution in [0.25, 0.3) is 11.8 Å². The Balaban J connectivity index is 2.07. The lowest BCUT2D eigenvalue weighted by Gasteiger charge is -2.15. The smallest absolute Gasteiger partial charge is 0.342 e. The molecule has 3 aromatic rings. The topological polar surface area (TPSA) is 83.8 Å². The third-order valence-corrected chi connectivity index (χ3v) is 5.29. The number of aromatic nitrogens is 4. The molecule has 0 atom stereocenters. The van der Waals surface area contributed by atoms with Crippen LogP contribution < -0.4 is 0 Å². The normalized spacial score (nSPS) is 11.8. The summed E-state index contributed by atoms with van der Waals surface area (Å²) in [6.45, 7) is 9.98. The van der Waals surface area contributed by atoms with Gasteiger partial charge in [0, 0.05) is 11.4 Å². The Morgan fingerprint density at radius 1 is 1.19 bits per heavy atom. The fourth-order valence-electron chi connectivity index (χ4n) is 3.18. The first kappa shape index (κ1) is 19.0. The highest BCUT2D eigenvalue weighted by Gasteiger charge is 2.17. The number of nitrogens with one attached hydrogen (secondary N) is 1. The Hall–Kier alpha value is -2.80. The van der Waals surface area contributed by atoms with E-state index in [1.165, 1.54) is 11.1 Å². The Morgan fingerprint density at radius 3 is 2.41 bits per heavy atom. The average Bonchev–Trinajstić information content (AvgIpc) is 3.11. The van der Waals surface area contributed by atoms with Crippen molar-refractivity contribution < 1.29 is 9.90 Å². The molecular formula is C20H22N4O2S. The van der Waals surface area contributed by atoms with Gasteiger partial charge in [-0.1, -0.05) is 18.2 Å². The van der Waals surface area contributed by atoms with E-state index in [1.54, 1.807) is 13.0 Å². The molecule has 2 N–H and O–H groups in total. The van der Waals surface area contributed by atoms with Crippen molar-refractivity contribution in [3.63, 3.8) is 0 Å². The van der Waals surface area contributed by atoms with Crippen LogP contribution >= 0.6 is 11.8 Å². The van der Waals surface area contributed by atoms with Crippen LogP contribution in [-0.2, 0) is 4.79 Å². The monoisotopic (exact) mass is 382 g/mol. The number of thioether (sulfide) groups is 1. The van der Waals surface area contributed by atoms with Gasteiger partial charge in [-0.2, -0.15) is 0 Å². The van der Waals surface area contributed by atoms with Gasteiger partial charge < -0.3 is 9.67 Å². The SMILES string of the molecule is Cc1nc(S/C(=C\c2cc(C)n(-c3c(C)cccc3C)c2C)C(=O)O)n[nH]1. The highest BCUT2D eigenvalue weighted by Crippen LogP contribution is 2.30. The first-order valence-corrected chi connectivity index (χ1v) is 9.37. The number of benzene rings is 1. The van der Waals surface area contributed by atoms with Gasteiger partial charge in [0.1, 0.15) is 10.7 Å². The predicted octanol–water partition coefficient (Wildman–Crippen LogP) is 4.36. The number of nitrogens with zero attached hydrogens (tertiary/aromatic N) is 3. The Labute approximate surface area is 162 Å². The van der Waals surface area contributed by atoms with Crippen molar-refractivity contribution >= 4 is 23.8 Å². The zero-order valence-corrected chi connectivity index (χ0v) is 16.8. The standard InChI is InChI=1S/C20H22N4O2S/c1-11-7-6-8-12(2)18(11)24-13(3)9-16(14(24)4)10-17(19(25)26)27-20-21-15(5)22-23-20/h6-10H,1-5H3,(H,25,26)(H,21,22,23)/b17-10-. The van der Waals surface area contributed by atoms with Gasteiger partial charge in [-0.3, -0.25) is 5.10 Å². The third kappa shape index (κ3) is 3.83. The van der Waals surface area contributed by atoms with Crippen molar-refractivity contribution in [3.05, 3.63) is 63.1 Å². The number of H-pyrrole nitrogens is 1. The number of aryl methyl sites for hydroxylation is 4. The van der Waals surface area contributed by atoms with E-state index in [4.69, 9.17) is 0 Å². The molecule has 0 bridgehead atoms. The number of hydrogen-bond acceptors (Lipinski definition) is 4. The summed E-state index contributed by atoms with van der Waals surface area (Å²) in [7, 11) is 0. The summed E-state index contributed by atoms with van der Waals surface area (Å²) in [6.07, 6.45) is 1.69. The summed E-state index contributed by atoms with van der Waals surface area (Å²) in [5.41, 5.74) is 6.41. The van der Waals surface area contributed by atoms with Crippen LogP contribution in [0.4, 0.5) is 0 Å².